The fourth-order valence-electron chi connectivity index (χ4n) is 4.06. The van der Waals surface area contributed by atoms with Crippen LogP contribution in [0.25, 0.3) is 22.5 Å². The molecular weight excluding hydrogens is 624 g/mol. The lowest BCUT2D eigenvalue weighted by Crippen LogP contribution is -2.23. The highest BCUT2D eigenvalue weighted by Crippen LogP contribution is 2.39. The summed E-state index contributed by atoms with van der Waals surface area (Å²) < 4.78 is 1.95. The lowest BCUT2D eigenvalue weighted by Gasteiger charge is -2.10. The van der Waals surface area contributed by atoms with Crippen LogP contribution >= 0.6 is 54.5 Å². The molecule has 0 N–H and O–H groups in total. The number of hydrogen-bond acceptors (Lipinski definition) is 6. The van der Waals surface area contributed by atoms with Gasteiger partial charge in [0, 0.05) is 37.1 Å². The van der Waals surface area contributed by atoms with Gasteiger partial charge in [-0.3, -0.25) is 19.4 Å². The summed E-state index contributed by atoms with van der Waals surface area (Å²) in [6.07, 6.45) is 3.13. The molecule has 0 atom stereocenters. The number of halogens is 2. The standard InChI is InChI=1S/2C13H11BrN2OS/c2*14-12-11(9-5-2-1-3-6-9)15-13(18-12)16-8-4-7-10(16)17/h2*1-3,5-6H,4,7-8H2. The Morgan fingerprint density at radius 2 is 1.03 bits per heavy atom. The third-order valence-corrected chi connectivity index (χ3v) is 9.31. The molecule has 2 aromatic heterocycles. The van der Waals surface area contributed by atoms with Gasteiger partial charge < -0.3 is 0 Å². The maximum atomic E-state index is 11.7. The summed E-state index contributed by atoms with van der Waals surface area (Å²) in [5.41, 5.74) is 3.96. The molecule has 36 heavy (non-hydrogen) atoms. The number of rotatable bonds is 4. The quantitative estimate of drug-likeness (QED) is 0.232. The third kappa shape index (κ3) is 5.46. The van der Waals surface area contributed by atoms with Crippen molar-refractivity contribution in [3.05, 3.63) is 68.2 Å². The highest BCUT2D eigenvalue weighted by atomic mass is 79.9. The molecule has 0 aliphatic carbocycles. The molecule has 0 spiro atoms. The number of carbonyl (C=O) groups excluding carboxylic acids is 2. The van der Waals surface area contributed by atoms with Gasteiger partial charge in [-0.15, -0.1) is 0 Å². The van der Waals surface area contributed by atoms with Crippen LogP contribution in [0, 0.1) is 0 Å². The van der Waals surface area contributed by atoms with E-state index in [9.17, 15) is 9.59 Å². The third-order valence-electron chi connectivity index (χ3n) is 5.85. The predicted molar refractivity (Wildman–Crippen MR) is 154 cm³/mol. The molecule has 6 rings (SSSR count). The molecule has 0 unspecified atom stereocenters. The second-order valence-electron chi connectivity index (χ2n) is 8.27. The van der Waals surface area contributed by atoms with Crippen molar-refractivity contribution in [3.8, 4) is 22.5 Å². The second-order valence-corrected chi connectivity index (χ2v) is 12.9. The average Bonchev–Trinajstić information content (AvgIpc) is 3.68. The van der Waals surface area contributed by atoms with Crippen LogP contribution in [0.4, 0.5) is 10.3 Å². The van der Waals surface area contributed by atoms with E-state index in [1.165, 1.54) is 22.7 Å². The zero-order valence-electron chi connectivity index (χ0n) is 19.2. The smallest absolute Gasteiger partial charge is 0.228 e. The van der Waals surface area contributed by atoms with Crippen LogP contribution < -0.4 is 9.80 Å². The maximum Gasteiger partial charge on any atom is 0.228 e. The number of anilines is 2. The van der Waals surface area contributed by atoms with Gasteiger partial charge >= 0.3 is 0 Å². The van der Waals surface area contributed by atoms with E-state index in [1.54, 1.807) is 9.80 Å². The van der Waals surface area contributed by atoms with Gasteiger partial charge in [0.2, 0.25) is 11.8 Å². The molecule has 2 fully saturated rings. The summed E-state index contributed by atoms with van der Waals surface area (Å²) in [6, 6.07) is 20.0. The lowest BCUT2D eigenvalue weighted by molar-refractivity contribution is -0.117. The van der Waals surface area contributed by atoms with Crippen LogP contribution in [-0.4, -0.2) is 34.9 Å². The van der Waals surface area contributed by atoms with E-state index in [-0.39, 0.29) is 11.8 Å². The van der Waals surface area contributed by atoms with E-state index in [2.05, 4.69) is 41.8 Å². The van der Waals surface area contributed by atoms with Crippen LogP contribution in [0.3, 0.4) is 0 Å². The highest BCUT2D eigenvalue weighted by Gasteiger charge is 2.26. The Balaban J connectivity index is 0.000000148. The van der Waals surface area contributed by atoms with Gasteiger partial charge in [0.1, 0.15) is 0 Å². The summed E-state index contributed by atoms with van der Waals surface area (Å²) in [6.45, 7) is 1.57. The summed E-state index contributed by atoms with van der Waals surface area (Å²) in [5.74, 6) is 0.353. The van der Waals surface area contributed by atoms with Gasteiger partial charge in [0.25, 0.3) is 0 Å². The molecule has 2 amide bonds. The van der Waals surface area contributed by atoms with Crippen LogP contribution in [0.15, 0.2) is 68.2 Å². The zero-order valence-corrected chi connectivity index (χ0v) is 24.0. The van der Waals surface area contributed by atoms with Gasteiger partial charge in [0.15, 0.2) is 10.3 Å². The normalized spacial score (nSPS) is 15.4. The minimum Gasteiger partial charge on any atom is -0.288 e. The molecule has 2 aliphatic rings. The largest absolute Gasteiger partial charge is 0.288 e. The molecule has 10 heteroatoms. The van der Waals surface area contributed by atoms with E-state index in [4.69, 9.17) is 0 Å². The van der Waals surface area contributed by atoms with Gasteiger partial charge in [-0.2, -0.15) is 0 Å². The van der Waals surface area contributed by atoms with Crippen LogP contribution in [-0.2, 0) is 9.59 Å². The summed E-state index contributed by atoms with van der Waals surface area (Å²) >= 11 is 10.1. The monoisotopic (exact) mass is 644 g/mol. The number of carbonyl (C=O) groups is 2. The van der Waals surface area contributed by atoms with Gasteiger partial charge in [-0.25, -0.2) is 9.97 Å². The van der Waals surface area contributed by atoms with Crippen LogP contribution in [0.2, 0.25) is 0 Å². The Hall–Kier alpha value is -2.40. The van der Waals surface area contributed by atoms with Crippen molar-refractivity contribution >= 4 is 76.6 Å². The fourth-order valence-corrected chi connectivity index (χ4v) is 7.29. The van der Waals surface area contributed by atoms with Crippen molar-refractivity contribution < 1.29 is 9.59 Å². The molecule has 2 saturated heterocycles. The van der Waals surface area contributed by atoms with Crippen LogP contribution in [0.5, 0.6) is 0 Å². The molecule has 2 aromatic carbocycles. The van der Waals surface area contributed by atoms with E-state index in [0.29, 0.717) is 12.8 Å². The van der Waals surface area contributed by atoms with Crippen LogP contribution in [0.1, 0.15) is 25.7 Å². The van der Waals surface area contributed by atoms with Crippen molar-refractivity contribution in [2.24, 2.45) is 0 Å². The summed E-state index contributed by atoms with van der Waals surface area (Å²) in [4.78, 5) is 36.2. The van der Waals surface area contributed by atoms with Gasteiger partial charge in [-0.05, 0) is 44.7 Å². The maximum absolute atomic E-state index is 11.7. The first kappa shape index (κ1) is 25.3. The van der Waals surface area contributed by atoms with Crippen molar-refractivity contribution in [1.82, 2.24) is 9.97 Å². The number of aromatic nitrogens is 2. The first-order valence-electron chi connectivity index (χ1n) is 11.6. The van der Waals surface area contributed by atoms with Gasteiger partial charge in [0.05, 0.1) is 19.0 Å². The first-order chi connectivity index (χ1) is 17.5. The lowest BCUT2D eigenvalue weighted by atomic mass is 10.2. The number of amides is 2. The molecule has 4 aromatic rings. The highest BCUT2D eigenvalue weighted by molar-refractivity contribution is 9.11. The Bertz CT molecular complexity index is 1270. The molecule has 4 heterocycles. The van der Waals surface area contributed by atoms with E-state index in [0.717, 1.165) is 66.3 Å². The van der Waals surface area contributed by atoms with Crippen molar-refractivity contribution in [2.45, 2.75) is 25.7 Å². The summed E-state index contributed by atoms with van der Waals surface area (Å²) in [5, 5.41) is 1.59. The Morgan fingerprint density at radius 1 is 0.639 bits per heavy atom. The van der Waals surface area contributed by atoms with Crippen molar-refractivity contribution in [2.75, 3.05) is 22.9 Å². The van der Waals surface area contributed by atoms with Crippen molar-refractivity contribution in [3.63, 3.8) is 0 Å². The molecule has 2 aliphatic heterocycles. The minimum absolute atomic E-state index is 0.177. The Labute approximate surface area is 234 Å². The van der Waals surface area contributed by atoms with Gasteiger partial charge in [-0.1, -0.05) is 83.3 Å². The second kappa shape index (κ2) is 11.3. The zero-order chi connectivity index (χ0) is 25.1. The minimum atomic E-state index is 0.177. The van der Waals surface area contributed by atoms with Crippen molar-refractivity contribution in [1.29, 1.82) is 0 Å². The predicted octanol–water partition coefficient (Wildman–Crippen LogP) is 7.40. The molecule has 0 bridgehead atoms. The summed E-state index contributed by atoms with van der Waals surface area (Å²) in [7, 11) is 0. The fraction of sp³-hybridized carbons (Fsp3) is 0.231. The molecular formula is C26H22Br2N4O2S2. The van der Waals surface area contributed by atoms with E-state index >= 15 is 0 Å². The molecule has 0 radical (unpaired) electrons. The average molecular weight is 646 g/mol. The number of hydrogen-bond donors (Lipinski definition) is 0. The number of benzene rings is 2. The molecule has 6 nitrogen and oxygen atoms in total. The Kier molecular flexibility index (Phi) is 7.95. The van der Waals surface area contributed by atoms with E-state index in [1.807, 2.05) is 60.7 Å². The van der Waals surface area contributed by atoms with E-state index < -0.39 is 0 Å². The topological polar surface area (TPSA) is 66.4 Å². The number of nitrogens with zero attached hydrogens (tertiary/aromatic N) is 4. The number of thiazole rings is 2. The SMILES string of the molecule is O=C1CCCN1c1nc(-c2ccccc2)c(Br)s1.O=C1CCCN1c1nc(-c2ccccc2)c(Br)s1. The first-order valence-corrected chi connectivity index (χ1v) is 14.8. The Morgan fingerprint density at radius 3 is 1.36 bits per heavy atom. The molecule has 184 valence electrons. The molecule has 0 saturated carbocycles.